The summed E-state index contributed by atoms with van der Waals surface area (Å²) in [6, 6.07) is 17.2. The molecule has 0 fully saturated rings. The van der Waals surface area contributed by atoms with E-state index in [1.807, 2.05) is 55.5 Å². The fourth-order valence-corrected chi connectivity index (χ4v) is 2.49. The lowest BCUT2D eigenvalue weighted by Crippen LogP contribution is -2.43. The smallest absolute Gasteiger partial charge is 0.309 e. The van der Waals surface area contributed by atoms with Crippen molar-refractivity contribution in [2.24, 2.45) is 0 Å². The number of rotatable bonds is 6. The summed E-state index contributed by atoms with van der Waals surface area (Å²) in [4.78, 5) is 23.8. The zero-order chi connectivity index (χ0) is 17.4. The first kappa shape index (κ1) is 18.0. The molecule has 2 N–H and O–H groups in total. The Hall–Kier alpha value is -2.33. The van der Waals surface area contributed by atoms with Crippen LogP contribution >= 0.6 is 11.6 Å². The van der Waals surface area contributed by atoms with Crippen LogP contribution in [0.15, 0.2) is 54.6 Å². The fraction of sp³-hybridized carbons (Fsp3) is 0.263. The van der Waals surface area contributed by atoms with E-state index in [-0.39, 0.29) is 12.6 Å². The molecule has 0 heterocycles. The van der Waals surface area contributed by atoms with Crippen molar-refractivity contribution >= 4 is 23.4 Å². The third-order valence-corrected chi connectivity index (χ3v) is 4.06. The summed E-state index contributed by atoms with van der Waals surface area (Å²) in [5.74, 6) is -1.27. The lowest BCUT2D eigenvalue weighted by atomic mass is 10.1. The molecule has 2 amide bonds. The maximum Gasteiger partial charge on any atom is 0.309 e. The van der Waals surface area contributed by atoms with Crippen LogP contribution < -0.4 is 10.6 Å². The van der Waals surface area contributed by atoms with E-state index < -0.39 is 11.8 Å². The van der Waals surface area contributed by atoms with Gasteiger partial charge in [0.1, 0.15) is 0 Å². The SMILES string of the molecule is CC(CCc1ccccc1)NC(=O)C(=O)NCc1ccccc1Cl. The van der Waals surface area contributed by atoms with E-state index in [2.05, 4.69) is 10.6 Å². The van der Waals surface area contributed by atoms with Gasteiger partial charge in [0.05, 0.1) is 0 Å². The Morgan fingerprint density at radius 3 is 2.38 bits per heavy atom. The highest BCUT2D eigenvalue weighted by Gasteiger charge is 2.16. The number of hydrogen-bond acceptors (Lipinski definition) is 2. The van der Waals surface area contributed by atoms with Gasteiger partial charge < -0.3 is 10.6 Å². The molecule has 0 saturated heterocycles. The van der Waals surface area contributed by atoms with Crippen LogP contribution in [0.3, 0.4) is 0 Å². The molecule has 0 aliphatic carbocycles. The molecule has 1 atom stereocenters. The molecule has 0 aromatic heterocycles. The summed E-state index contributed by atoms with van der Waals surface area (Å²) in [6.07, 6.45) is 1.62. The van der Waals surface area contributed by atoms with Gasteiger partial charge in [0, 0.05) is 17.6 Å². The number of hydrogen-bond donors (Lipinski definition) is 2. The van der Waals surface area contributed by atoms with Gasteiger partial charge in [-0.05, 0) is 37.0 Å². The maximum atomic E-state index is 11.9. The standard InChI is InChI=1S/C19H21ClN2O2/c1-14(11-12-15-7-3-2-4-8-15)22-19(24)18(23)21-13-16-9-5-6-10-17(16)20/h2-10,14H,11-13H2,1H3,(H,21,23)(H,22,24). The highest BCUT2D eigenvalue weighted by molar-refractivity contribution is 6.35. The quantitative estimate of drug-likeness (QED) is 0.791. The van der Waals surface area contributed by atoms with Crippen LogP contribution in [-0.4, -0.2) is 17.9 Å². The Balaban J connectivity index is 1.74. The normalized spacial score (nSPS) is 11.6. The van der Waals surface area contributed by atoms with Crippen LogP contribution in [0.2, 0.25) is 5.02 Å². The minimum Gasteiger partial charge on any atom is -0.345 e. The van der Waals surface area contributed by atoms with Crippen LogP contribution in [0.1, 0.15) is 24.5 Å². The number of halogens is 1. The number of amides is 2. The molecular weight excluding hydrogens is 324 g/mol. The molecule has 126 valence electrons. The number of benzene rings is 2. The van der Waals surface area contributed by atoms with Crippen molar-refractivity contribution in [3.63, 3.8) is 0 Å². The second-order valence-electron chi connectivity index (χ2n) is 5.67. The van der Waals surface area contributed by atoms with Crippen molar-refractivity contribution in [1.29, 1.82) is 0 Å². The van der Waals surface area contributed by atoms with Crippen molar-refractivity contribution in [3.8, 4) is 0 Å². The van der Waals surface area contributed by atoms with E-state index >= 15 is 0 Å². The van der Waals surface area contributed by atoms with Gasteiger partial charge in [-0.3, -0.25) is 9.59 Å². The molecule has 4 nitrogen and oxygen atoms in total. The molecule has 24 heavy (non-hydrogen) atoms. The Labute approximate surface area is 147 Å². The molecule has 5 heteroatoms. The van der Waals surface area contributed by atoms with E-state index in [9.17, 15) is 9.59 Å². The van der Waals surface area contributed by atoms with Crippen molar-refractivity contribution in [1.82, 2.24) is 10.6 Å². The molecule has 2 aromatic rings. The van der Waals surface area contributed by atoms with Gasteiger partial charge in [-0.15, -0.1) is 0 Å². The van der Waals surface area contributed by atoms with Crippen LogP contribution in [0, 0.1) is 0 Å². The predicted octanol–water partition coefficient (Wildman–Crippen LogP) is 3.09. The topological polar surface area (TPSA) is 58.2 Å². The average molecular weight is 345 g/mol. The summed E-state index contributed by atoms with van der Waals surface area (Å²) in [7, 11) is 0. The minimum absolute atomic E-state index is 0.0798. The Morgan fingerprint density at radius 1 is 1.00 bits per heavy atom. The number of nitrogens with one attached hydrogen (secondary N) is 2. The maximum absolute atomic E-state index is 11.9. The molecule has 0 bridgehead atoms. The Morgan fingerprint density at radius 2 is 1.67 bits per heavy atom. The molecule has 2 aromatic carbocycles. The summed E-state index contributed by atoms with van der Waals surface area (Å²) in [5.41, 5.74) is 1.99. The van der Waals surface area contributed by atoms with Gasteiger partial charge in [0.15, 0.2) is 0 Å². The van der Waals surface area contributed by atoms with E-state index in [1.165, 1.54) is 5.56 Å². The van der Waals surface area contributed by atoms with Crippen LogP contribution in [-0.2, 0) is 22.6 Å². The molecule has 0 radical (unpaired) electrons. The predicted molar refractivity (Wildman–Crippen MR) is 95.7 cm³/mol. The van der Waals surface area contributed by atoms with Crippen LogP contribution in [0.4, 0.5) is 0 Å². The Bertz CT molecular complexity index is 689. The first-order valence-electron chi connectivity index (χ1n) is 7.92. The third kappa shape index (κ3) is 5.70. The monoisotopic (exact) mass is 344 g/mol. The van der Waals surface area contributed by atoms with Crippen molar-refractivity contribution in [2.45, 2.75) is 32.4 Å². The zero-order valence-corrected chi connectivity index (χ0v) is 14.3. The summed E-state index contributed by atoms with van der Waals surface area (Å²) in [6.45, 7) is 2.12. The van der Waals surface area contributed by atoms with Gasteiger partial charge in [-0.25, -0.2) is 0 Å². The van der Waals surface area contributed by atoms with E-state index in [0.29, 0.717) is 5.02 Å². The second kappa shape index (κ2) is 9.08. The molecule has 1 unspecified atom stereocenters. The molecule has 2 rings (SSSR count). The minimum atomic E-state index is -0.651. The highest BCUT2D eigenvalue weighted by atomic mass is 35.5. The second-order valence-corrected chi connectivity index (χ2v) is 6.08. The van der Waals surface area contributed by atoms with Crippen molar-refractivity contribution in [3.05, 3.63) is 70.7 Å². The Kier molecular flexibility index (Phi) is 6.82. The van der Waals surface area contributed by atoms with Crippen molar-refractivity contribution in [2.75, 3.05) is 0 Å². The van der Waals surface area contributed by atoms with Gasteiger partial charge in [0.25, 0.3) is 0 Å². The van der Waals surface area contributed by atoms with Crippen LogP contribution in [0.5, 0.6) is 0 Å². The fourth-order valence-electron chi connectivity index (χ4n) is 2.29. The lowest BCUT2D eigenvalue weighted by Gasteiger charge is -2.14. The molecular formula is C19H21ClN2O2. The van der Waals surface area contributed by atoms with E-state index in [4.69, 9.17) is 11.6 Å². The summed E-state index contributed by atoms with van der Waals surface area (Å²) < 4.78 is 0. The largest absolute Gasteiger partial charge is 0.345 e. The van der Waals surface area contributed by atoms with Gasteiger partial charge in [-0.1, -0.05) is 60.1 Å². The van der Waals surface area contributed by atoms with Gasteiger partial charge in [0.2, 0.25) is 0 Å². The molecule has 0 aliphatic heterocycles. The number of carbonyl (C=O) groups is 2. The third-order valence-electron chi connectivity index (χ3n) is 3.69. The number of carbonyl (C=O) groups excluding carboxylic acids is 2. The average Bonchev–Trinajstić information content (AvgIpc) is 2.60. The van der Waals surface area contributed by atoms with Gasteiger partial charge in [-0.2, -0.15) is 0 Å². The molecule has 0 spiro atoms. The lowest BCUT2D eigenvalue weighted by molar-refractivity contribution is -0.139. The summed E-state index contributed by atoms with van der Waals surface area (Å²) in [5, 5.41) is 5.86. The van der Waals surface area contributed by atoms with Crippen molar-refractivity contribution < 1.29 is 9.59 Å². The van der Waals surface area contributed by atoms with E-state index in [1.54, 1.807) is 6.07 Å². The molecule has 0 aliphatic rings. The first-order valence-corrected chi connectivity index (χ1v) is 8.30. The summed E-state index contributed by atoms with van der Waals surface area (Å²) >= 11 is 6.02. The highest BCUT2D eigenvalue weighted by Crippen LogP contribution is 2.14. The van der Waals surface area contributed by atoms with Gasteiger partial charge >= 0.3 is 11.8 Å². The number of aryl methyl sites for hydroxylation is 1. The van der Waals surface area contributed by atoms with Crippen LogP contribution in [0.25, 0.3) is 0 Å². The first-order chi connectivity index (χ1) is 11.6. The van der Waals surface area contributed by atoms with E-state index in [0.717, 1.165) is 18.4 Å². The molecule has 0 saturated carbocycles. The zero-order valence-electron chi connectivity index (χ0n) is 13.6.